The summed E-state index contributed by atoms with van der Waals surface area (Å²) in [6.07, 6.45) is 6.38. The molecule has 1 saturated carbocycles. The zero-order valence-corrected chi connectivity index (χ0v) is 24.8. The molecule has 3 aliphatic rings. The highest BCUT2D eigenvalue weighted by Gasteiger charge is 2.56. The van der Waals surface area contributed by atoms with E-state index in [1.165, 1.54) is 4.31 Å². The molecule has 2 aromatic rings. The highest BCUT2D eigenvalue weighted by molar-refractivity contribution is 7.88. The van der Waals surface area contributed by atoms with Crippen molar-refractivity contribution in [3.63, 3.8) is 0 Å². The minimum Gasteiger partial charge on any atom is -0.343 e. The van der Waals surface area contributed by atoms with Crippen molar-refractivity contribution < 1.29 is 22.8 Å². The van der Waals surface area contributed by atoms with Crippen molar-refractivity contribution in [2.45, 2.75) is 69.6 Å². The average molecular weight is 584 g/mol. The summed E-state index contributed by atoms with van der Waals surface area (Å²) < 4.78 is 27.0. The highest BCUT2D eigenvalue weighted by Crippen LogP contribution is 2.39. The number of rotatable bonds is 8. The van der Waals surface area contributed by atoms with E-state index in [-0.39, 0.29) is 30.2 Å². The fourth-order valence-corrected chi connectivity index (χ4v) is 8.00. The Bertz CT molecular complexity index is 1410. The van der Waals surface area contributed by atoms with Gasteiger partial charge >= 0.3 is 0 Å². The lowest BCUT2D eigenvalue weighted by atomic mass is 9.83. The van der Waals surface area contributed by atoms with Gasteiger partial charge in [-0.25, -0.2) is 8.42 Å². The fourth-order valence-electron chi connectivity index (χ4n) is 6.85. The van der Waals surface area contributed by atoms with Gasteiger partial charge in [0.1, 0.15) is 6.04 Å². The second-order valence-electron chi connectivity index (χ2n) is 11.8. The number of nitrogens with zero attached hydrogens (tertiary/aromatic N) is 2. The Morgan fingerprint density at radius 3 is 2.37 bits per heavy atom. The van der Waals surface area contributed by atoms with Crippen molar-refractivity contribution in [3.8, 4) is 0 Å². The summed E-state index contributed by atoms with van der Waals surface area (Å²) >= 11 is 0. The van der Waals surface area contributed by atoms with Gasteiger partial charge in [0.15, 0.2) is 0 Å². The van der Waals surface area contributed by atoms with Gasteiger partial charge in [-0.2, -0.15) is 4.31 Å². The van der Waals surface area contributed by atoms with E-state index >= 15 is 0 Å². The van der Waals surface area contributed by atoms with Crippen LogP contribution in [0.3, 0.4) is 0 Å². The van der Waals surface area contributed by atoms with Crippen molar-refractivity contribution in [2.75, 3.05) is 31.7 Å². The smallest absolute Gasteiger partial charge is 0.245 e. The number of likely N-dealkylation sites (N-methyl/N-ethyl adjacent to an activating group) is 1. The lowest BCUT2D eigenvalue weighted by molar-refractivity contribution is -0.140. The SMILES string of the molecule is CN[C@@H](C)C(=O)N[C@H](C(=O)N1CCC2[C@H]1[C@@H](C(=O)Nc1ccc3ccccc3c1)CN2S(C)(=O)=O)C1CCCCC1. The zero-order chi connectivity index (χ0) is 29.3. The summed E-state index contributed by atoms with van der Waals surface area (Å²) in [5.74, 6) is -1.53. The molecule has 2 heterocycles. The Hall–Kier alpha value is -3.02. The summed E-state index contributed by atoms with van der Waals surface area (Å²) in [5, 5.41) is 11.0. The van der Waals surface area contributed by atoms with Gasteiger partial charge in [0, 0.05) is 24.8 Å². The second-order valence-corrected chi connectivity index (χ2v) is 13.7. The molecule has 11 heteroatoms. The summed E-state index contributed by atoms with van der Waals surface area (Å²) in [4.78, 5) is 42.6. The largest absolute Gasteiger partial charge is 0.343 e. The lowest BCUT2D eigenvalue weighted by Gasteiger charge is -2.36. The van der Waals surface area contributed by atoms with Gasteiger partial charge in [-0.05, 0) is 62.1 Å². The average Bonchev–Trinajstić information content (AvgIpc) is 3.56. The van der Waals surface area contributed by atoms with E-state index < -0.39 is 40.1 Å². The highest BCUT2D eigenvalue weighted by atomic mass is 32.2. The van der Waals surface area contributed by atoms with E-state index in [0.717, 1.165) is 49.1 Å². The predicted octanol–water partition coefficient (Wildman–Crippen LogP) is 2.31. The van der Waals surface area contributed by atoms with E-state index in [0.29, 0.717) is 18.7 Å². The number of benzene rings is 2. The second kappa shape index (κ2) is 12.1. The molecule has 2 saturated heterocycles. The number of nitrogens with one attached hydrogen (secondary N) is 3. The summed E-state index contributed by atoms with van der Waals surface area (Å²) in [7, 11) is -1.91. The first kappa shape index (κ1) is 29.5. The number of carbonyl (C=O) groups is 3. The Balaban J connectivity index is 1.42. The van der Waals surface area contributed by atoms with Crippen LogP contribution in [-0.4, -0.2) is 85.9 Å². The molecule has 1 unspecified atom stereocenters. The summed E-state index contributed by atoms with van der Waals surface area (Å²) in [6, 6.07) is 11.2. The van der Waals surface area contributed by atoms with Crippen LogP contribution >= 0.6 is 0 Å². The molecular formula is C30H41N5O5S. The maximum Gasteiger partial charge on any atom is 0.245 e. The molecule has 0 bridgehead atoms. The van der Waals surface area contributed by atoms with Gasteiger partial charge in [-0.1, -0.05) is 49.6 Å². The molecule has 2 aliphatic heterocycles. The summed E-state index contributed by atoms with van der Waals surface area (Å²) in [6.45, 7) is 2.09. The van der Waals surface area contributed by atoms with Crippen LogP contribution in [0.5, 0.6) is 0 Å². The number of carbonyl (C=O) groups excluding carboxylic acids is 3. The van der Waals surface area contributed by atoms with Crippen LogP contribution < -0.4 is 16.0 Å². The quantitative estimate of drug-likeness (QED) is 0.438. The van der Waals surface area contributed by atoms with Gasteiger partial charge < -0.3 is 20.9 Å². The normalized spacial score (nSPS) is 25.0. The van der Waals surface area contributed by atoms with Crippen molar-refractivity contribution in [2.24, 2.45) is 11.8 Å². The zero-order valence-electron chi connectivity index (χ0n) is 24.0. The van der Waals surface area contributed by atoms with Crippen molar-refractivity contribution >= 4 is 44.2 Å². The van der Waals surface area contributed by atoms with Crippen LogP contribution in [0.4, 0.5) is 5.69 Å². The monoisotopic (exact) mass is 583 g/mol. The molecule has 1 aliphatic carbocycles. The van der Waals surface area contributed by atoms with Gasteiger partial charge in [-0.15, -0.1) is 0 Å². The first-order valence-corrected chi connectivity index (χ1v) is 16.5. The summed E-state index contributed by atoms with van der Waals surface area (Å²) in [5.41, 5.74) is 0.618. The van der Waals surface area contributed by atoms with Gasteiger partial charge in [0.2, 0.25) is 27.7 Å². The first-order chi connectivity index (χ1) is 19.6. The topological polar surface area (TPSA) is 128 Å². The van der Waals surface area contributed by atoms with Crippen LogP contribution in [0.2, 0.25) is 0 Å². The number of likely N-dealkylation sites (tertiary alicyclic amines) is 1. The molecule has 41 heavy (non-hydrogen) atoms. The standard InChI is InChI=1S/C30H41N5O5S/c1-19(31-2)28(36)33-26(21-10-5-4-6-11-21)30(38)34-16-15-25-27(34)24(18-35(25)41(3,39)40)29(37)32-23-14-13-20-9-7-8-12-22(20)17-23/h7-9,12-14,17,19,21,24-27,31H,4-6,10-11,15-16,18H2,1-3H3,(H,32,37)(H,33,36)/t19-,24-,25?,26-,27+/m0/s1. The van der Waals surface area contributed by atoms with Gasteiger partial charge in [0.25, 0.3) is 0 Å². The molecule has 5 atom stereocenters. The Morgan fingerprint density at radius 1 is 0.976 bits per heavy atom. The molecule has 0 radical (unpaired) electrons. The molecule has 222 valence electrons. The third-order valence-corrected chi connectivity index (χ3v) is 10.4. The van der Waals surface area contributed by atoms with Crippen molar-refractivity contribution in [1.29, 1.82) is 0 Å². The minimum absolute atomic E-state index is 0.000552. The third-order valence-electron chi connectivity index (χ3n) is 9.15. The van der Waals surface area contributed by atoms with Gasteiger partial charge in [-0.3, -0.25) is 14.4 Å². The molecule has 5 rings (SSSR count). The van der Waals surface area contributed by atoms with Crippen molar-refractivity contribution in [1.82, 2.24) is 19.8 Å². The third kappa shape index (κ3) is 6.12. The Morgan fingerprint density at radius 2 is 1.68 bits per heavy atom. The predicted molar refractivity (Wildman–Crippen MR) is 159 cm³/mol. The van der Waals surface area contributed by atoms with Crippen LogP contribution in [0, 0.1) is 11.8 Å². The molecule has 2 aromatic carbocycles. The molecular weight excluding hydrogens is 542 g/mol. The molecule has 3 fully saturated rings. The van der Waals surface area contributed by atoms with E-state index in [1.54, 1.807) is 18.9 Å². The first-order valence-electron chi connectivity index (χ1n) is 14.6. The Labute approximate surface area is 242 Å². The molecule has 3 N–H and O–H groups in total. The number of hydrogen-bond donors (Lipinski definition) is 3. The number of hydrogen-bond acceptors (Lipinski definition) is 6. The lowest BCUT2D eigenvalue weighted by Crippen LogP contribution is -2.58. The van der Waals surface area contributed by atoms with Crippen LogP contribution in [0.25, 0.3) is 10.8 Å². The van der Waals surface area contributed by atoms with Crippen LogP contribution in [0.15, 0.2) is 42.5 Å². The molecule has 3 amide bonds. The molecule has 0 aromatic heterocycles. The van der Waals surface area contributed by atoms with Crippen molar-refractivity contribution in [3.05, 3.63) is 42.5 Å². The maximum atomic E-state index is 14.3. The van der Waals surface area contributed by atoms with Gasteiger partial charge in [0.05, 0.1) is 24.3 Å². The number of anilines is 1. The van der Waals surface area contributed by atoms with Crippen LogP contribution in [-0.2, 0) is 24.4 Å². The van der Waals surface area contributed by atoms with E-state index in [1.807, 2.05) is 42.5 Å². The number of amides is 3. The van der Waals surface area contributed by atoms with E-state index in [4.69, 9.17) is 0 Å². The van der Waals surface area contributed by atoms with E-state index in [2.05, 4.69) is 16.0 Å². The fraction of sp³-hybridized carbons (Fsp3) is 0.567. The number of sulfonamides is 1. The minimum atomic E-state index is -3.61. The van der Waals surface area contributed by atoms with E-state index in [9.17, 15) is 22.8 Å². The van der Waals surface area contributed by atoms with Crippen LogP contribution in [0.1, 0.15) is 45.4 Å². The molecule has 0 spiro atoms. The number of fused-ring (bicyclic) bond motifs is 2. The maximum absolute atomic E-state index is 14.3. The Kier molecular flexibility index (Phi) is 8.68. The molecule has 10 nitrogen and oxygen atoms in total.